The van der Waals surface area contributed by atoms with E-state index in [1.807, 2.05) is 12.1 Å². The van der Waals surface area contributed by atoms with E-state index in [-0.39, 0.29) is 22.3 Å². The van der Waals surface area contributed by atoms with Gasteiger partial charge in [-0.2, -0.15) is 5.11 Å². The molecule has 3 aliphatic carbocycles. The number of benzene rings is 1. The zero-order chi connectivity index (χ0) is 18.9. The standard InChI is InChI=1S/C20H23N5O3/c26-25(27)14-6-4-13(5-7-14)24-20(23-8-10-28-11-9-23)18-12-17(19(20)21-22-24)15-2-1-3-16(15)18/h1,3-7,15-19H,2,8-12H2. The van der Waals surface area contributed by atoms with Crippen molar-refractivity contribution in [2.75, 3.05) is 31.3 Å². The fourth-order valence-electron chi connectivity index (χ4n) is 6.65. The first-order valence-corrected chi connectivity index (χ1v) is 10.2. The Morgan fingerprint density at radius 1 is 1.18 bits per heavy atom. The molecule has 6 rings (SSSR count). The van der Waals surface area contributed by atoms with E-state index in [0.29, 0.717) is 23.7 Å². The predicted octanol–water partition coefficient (Wildman–Crippen LogP) is 3.02. The van der Waals surface area contributed by atoms with Crippen LogP contribution in [0.2, 0.25) is 0 Å². The van der Waals surface area contributed by atoms with Crippen molar-refractivity contribution in [3.05, 3.63) is 46.5 Å². The van der Waals surface area contributed by atoms with Gasteiger partial charge in [-0.15, -0.1) is 0 Å². The molecule has 0 spiro atoms. The number of allylic oxidation sites excluding steroid dienone is 2. The van der Waals surface area contributed by atoms with Crippen LogP contribution in [0.4, 0.5) is 11.4 Å². The van der Waals surface area contributed by atoms with Crippen LogP contribution in [0.1, 0.15) is 12.8 Å². The lowest BCUT2D eigenvalue weighted by atomic mass is 9.71. The molecule has 8 heteroatoms. The number of ether oxygens (including phenoxy) is 1. The normalized spacial score (nSPS) is 40.9. The third-order valence-electron chi connectivity index (χ3n) is 7.62. The van der Waals surface area contributed by atoms with E-state index in [9.17, 15) is 10.1 Å². The van der Waals surface area contributed by atoms with Gasteiger partial charge in [-0.25, -0.2) is 5.01 Å². The number of hydrogen-bond acceptors (Lipinski definition) is 7. The van der Waals surface area contributed by atoms with Crippen LogP contribution in [0.25, 0.3) is 0 Å². The molecular weight excluding hydrogens is 358 g/mol. The van der Waals surface area contributed by atoms with Crippen molar-refractivity contribution in [3.8, 4) is 0 Å². The van der Waals surface area contributed by atoms with Gasteiger partial charge >= 0.3 is 0 Å². The minimum atomic E-state index is -0.360. The van der Waals surface area contributed by atoms with E-state index in [0.717, 1.165) is 38.4 Å². The number of fused-ring (bicyclic) bond motifs is 8. The van der Waals surface area contributed by atoms with Crippen molar-refractivity contribution in [2.45, 2.75) is 24.5 Å². The second kappa shape index (κ2) is 5.84. The number of morpholine rings is 1. The smallest absolute Gasteiger partial charge is 0.269 e. The maximum absolute atomic E-state index is 11.1. The van der Waals surface area contributed by atoms with E-state index >= 15 is 0 Å². The number of rotatable bonds is 3. The largest absolute Gasteiger partial charge is 0.379 e. The lowest BCUT2D eigenvalue weighted by molar-refractivity contribution is -0.384. The van der Waals surface area contributed by atoms with Crippen molar-refractivity contribution >= 4 is 11.4 Å². The molecule has 146 valence electrons. The highest BCUT2D eigenvalue weighted by atomic mass is 16.6. The van der Waals surface area contributed by atoms with Gasteiger partial charge in [0.1, 0.15) is 11.7 Å². The van der Waals surface area contributed by atoms with E-state index in [1.165, 1.54) is 6.42 Å². The maximum Gasteiger partial charge on any atom is 0.269 e. The van der Waals surface area contributed by atoms with Gasteiger partial charge in [0.05, 0.1) is 23.8 Å². The number of nitro groups is 1. The molecular formula is C20H23N5O3. The van der Waals surface area contributed by atoms with Crippen molar-refractivity contribution in [3.63, 3.8) is 0 Å². The predicted molar refractivity (Wildman–Crippen MR) is 102 cm³/mol. The van der Waals surface area contributed by atoms with Crippen LogP contribution in [0.5, 0.6) is 0 Å². The van der Waals surface area contributed by atoms with Crippen LogP contribution in [0, 0.1) is 33.8 Å². The zero-order valence-electron chi connectivity index (χ0n) is 15.6. The van der Waals surface area contributed by atoms with Crippen molar-refractivity contribution in [2.24, 2.45) is 34.0 Å². The summed E-state index contributed by atoms with van der Waals surface area (Å²) in [5, 5.41) is 22.6. The highest BCUT2D eigenvalue weighted by Crippen LogP contribution is 2.66. The minimum absolute atomic E-state index is 0.101. The molecule has 0 N–H and O–H groups in total. The van der Waals surface area contributed by atoms with Crippen LogP contribution in [0.15, 0.2) is 46.8 Å². The summed E-state index contributed by atoms with van der Waals surface area (Å²) in [7, 11) is 0. The Balaban J connectivity index is 1.45. The number of nitrogens with zero attached hydrogens (tertiary/aromatic N) is 5. The lowest BCUT2D eigenvalue weighted by Gasteiger charge is -2.53. The van der Waals surface area contributed by atoms with Gasteiger partial charge in [-0.05, 0) is 42.7 Å². The van der Waals surface area contributed by atoms with E-state index < -0.39 is 0 Å². The average molecular weight is 381 g/mol. The van der Waals surface area contributed by atoms with Gasteiger partial charge in [0.2, 0.25) is 0 Å². The van der Waals surface area contributed by atoms with Crippen LogP contribution in [-0.4, -0.2) is 47.8 Å². The van der Waals surface area contributed by atoms with E-state index in [4.69, 9.17) is 9.85 Å². The molecule has 3 fully saturated rings. The highest BCUT2D eigenvalue weighted by Gasteiger charge is 2.72. The first-order valence-electron chi connectivity index (χ1n) is 10.2. The van der Waals surface area contributed by atoms with Crippen LogP contribution in [-0.2, 0) is 4.74 Å². The summed E-state index contributed by atoms with van der Waals surface area (Å²) in [4.78, 5) is 13.3. The van der Waals surface area contributed by atoms with Gasteiger partial charge in [0, 0.05) is 31.1 Å². The monoisotopic (exact) mass is 381 g/mol. The van der Waals surface area contributed by atoms with Crippen molar-refractivity contribution in [1.29, 1.82) is 0 Å². The van der Waals surface area contributed by atoms with E-state index in [1.54, 1.807) is 12.1 Å². The van der Waals surface area contributed by atoms with Crippen molar-refractivity contribution in [1.82, 2.24) is 4.90 Å². The molecule has 5 aliphatic rings. The fourth-order valence-corrected chi connectivity index (χ4v) is 6.65. The Morgan fingerprint density at radius 3 is 2.71 bits per heavy atom. The third kappa shape index (κ3) is 1.97. The van der Waals surface area contributed by atoms with Gasteiger partial charge in [0.15, 0.2) is 0 Å². The summed E-state index contributed by atoms with van der Waals surface area (Å²) in [6.07, 6.45) is 7.11. The Morgan fingerprint density at radius 2 is 1.96 bits per heavy atom. The zero-order valence-corrected chi connectivity index (χ0v) is 15.6. The summed E-state index contributed by atoms with van der Waals surface area (Å²) in [5.41, 5.74) is 0.707. The molecule has 6 unspecified atom stereocenters. The Bertz CT molecular complexity index is 865. The lowest BCUT2D eigenvalue weighted by Crippen LogP contribution is -2.69. The second-order valence-electron chi connectivity index (χ2n) is 8.53. The SMILES string of the molecule is O=[N+]([O-])c1ccc(N2N=NC3C4CC(C5C=CCC54)C32N2CCOCC2)cc1. The molecule has 6 atom stereocenters. The number of nitro benzene ring substituents is 1. The molecule has 2 bridgehead atoms. The molecule has 2 aliphatic heterocycles. The van der Waals surface area contributed by atoms with Crippen LogP contribution >= 0.6 is 0 Å². The quantitative estimate of drug-likeness (QED) is 0.457. The number of anilines is 1. The summed E-state index contributed by atoms with van der Waals surface area (Å²) in [5.74, 6) is 2.29. The van der Waals surface area contributed by atoms with E-state index in [2.05, 4.69) is 27.3 Å². The molecule has 0 aromatic heterocycles. The Kier molecular flexibility index (Phi) is 3.47. The Hall–Kier alpha value is -2.32. The average Bonchev–Trinajstić information content (AvgIpc) is 3.46. The summed E-state index contributed by atoms with van der Waals surface area (Å²) >= 11 is 0. The van der Waals surface area contributed by atoms with Crippen LogP contribution in [0.3, 0.4) is 0 Å². The number of hydrogen-bond donors (Lipinski definition) is 0. The minimum Gasteiger partial charge on any atom is -0.379 e. The summed E-state index contributed by atoms with van der Waals surface area (Å²) in [6.45, 7) is 3.19. The highest BCUT2D eigenvalue weighted by molar-refractivity contribution is 5.55. The maximum atomic E-state index is 11.1. The Labute approximate surface area is 163 Å². The summed E-state index contributed by atoms with van der Waals surface area (Å²) < 4.78 is 5.64. The molecule has 8 nitrogen and oxygen atoms in total. The van der Waals surface area contributed by atoms with Gasteiger partial charge in [0.25, 0.3) is 5.69 Å². The van der Waals surface area contributed by atoms with Gasteiger partial charge < -0.3 is 4.74 Å². The van der Waals surface area contributed by atoms with Crippen molar-refractivity contribution < 1.29 is 9.66 Å². The van der Waals surface area contributed by atoms with Gasteiger partial charge in [-0.3, -0.25) is 15.0 Å². The topological polar surface area (TPSA) is 83.6 Å². The van der Waals surface area contributed by atoms with Gasteiger partial charge in [-0.1, -0.05) is 17.4 Å². The third-order valence-corrected chi connectivity index (χ3v) is 7.62. The second-order valence-corrected chi connectivity index (χ2v) is 8.53. The molecule has 2 heterocycles. The molecule has 1 aromatic carbocycles. The molecule has 2 saturated carbocycles. The first kappa shape index (κ1) is 16.6. The molecule has 1 saturated heterocycles. The van der Waals surface area contributed by atoms with Crippen LogP contribution < -0.4 is 5.01 Å². The molecule has 0 radical (unpaired) electrons. The molecule has 1 aromatic rings. The molecule has 28 heavy (non-hydrogen) atoms. The first-order chi connectivity index (χ1) is 13.7. The number of non-ortho nitro benzene ring substituents is 1. The summed E-state index contributed by atoms with van der Waals surface area (Å²) in [6, 6.07) is 6.92. The molecule has 0 amide bonds. The fraction of sp³-hybridized carbons (Fsp3) is 0.600.